The van der Waals surface area contributed by atoms with E-state index in [2.05, 4.69) is 156 Å². The van der Waals surface area contributed by atoms with Crippen molar-refractivity contribution >= 4 is 101 Å². The average Bonchev–Trinajstić information content (AvgIpc) is 2.54. The second-order valence-electron chi connectivity index (χ2n) is 7.01. The first-order chi connectivity index (χ1) is 11.9. The Morgan fingerprint density at radius 2 is 1.38 bits per heavy atom. The Hall–Kier alpha value is 1.12. The smallest absolute Gasteiger partial charge is 0.127 e. The first-order valence-corrected chi connectivity index (χ1v) is 15.9. The number of benzene rings is 2. The minimum atomic E-state index is -1.40. The van der Waals surface area contributed by atoms with Crippen molar-refractivity contribution in [2.45, 2.75) is 33.5 Å². The maximum atomic E-state index is 3.76. The SMILES string of the molecule is Cc1c(I)c(C)c([C]c2c(Br)cc(C#C[Si](C)(C)C)cc2Br)c(Br)c1I. The van der Waals surface area contributed by atoms with Gasteiger partial charge < -0.3 is 0 Å². The Morgan fingerprint density at radius 3 is 1.88 bits per heavy atom. The third kappa shape index (κ3) is 5.59. The van der Waals surface area contributed by atoms with Crippen molar-refractivity contribution in [1.29, 1.82) is 0 Å². The normalized spacial score (nSPS) is 11.3. The molecule has 0 saturated heterocycles. The van der Waals surface area contributed by atoms with Crippen LogP contribution in [-0.2, 0) is 0 Å². The predicted octanol–water partition coefficient (Wildman–Crippen LogP) is 8.51. The van der Waals surface area contributed by atoms with Crippen LogP contribution in [-0.4, -0.2) is 8.07 Å². The Bertz CT molecular complexity index is 883. The lowest BCUT2D eigenvalue weighted by molar-refractivity contribution is 1.22. The molecule has 2 rings (SSSR count). The van der Waals surface area contributed by atoms with Crippen molar-refractivity contribution in [3.63, 3.8) is 0 Å². The molecule has 0 spiro atoms. The van der Waals surface area contributed by atoms with Gasteiger partial charge in [-0.2, -0.15) is 0 Å². The van der Waals surface area contributed by atoms with Gasteiger partial charge in [0.1, 0.15) is 8.07 Å². The second-order valence-corrected chi connectivity index (χ2v) is 16.4. The van der Waals surface area contributed by atoms with E-state index in [0.717, 1.165) is 30.1 Å². The molecule has 0 aliphatic carbocycles. The summed E-state index contributed by atoms with van der Waals surface area (Å²) in [5, 5.41) is 0. The zero-order valence-corrected chi connectivity index (χ0v) is 25.1. The minimum Gasteiger partial charge on any atom is -0.127 e. The van der Waals surface area contributed by atoms with Gasteiger partial charge >= 0.3 is 0 Å². The fraction of sp³-hybridized carbons (Fsp3) is 0.250. The van der Waals surface area contributed by atoms with Crippen LogP contribution >= 0.6 is 93.0 Å². The quantitative estimate of drug-likeness (QED) is 0.124. The van der Waals surface area contributed by atoms with Crippen molar-refractivity contribution in [2.75, 3.05) is 0 Å². The molecule has 0 aliphatic rings. The van der Waals surface area contributed by atoms with E-state index in [9.17, 15) is 0 Å². The first kappa shape index (κ1) is 23.4. The Kier molecular flexibility index (Phi) is 8.36. The fourth-order valence-corrected chi connectivity index (χ4v) is 6.42. The first-order valence-electron chi connectivity index (χ1n) is 7.85. The summed E-state index contributed by atoms with van der Waals surface area (Å²) in [6.07, 6.45) is 3.60. The monoisotopic (exact) mass is 776 g/mol. The van der Waals surface area contributed by atoms with Crippen molar-refractivity contribution in [2.24, 2.45) is 0 Å². The van der Waals surface area contributed by atoms with Crippen LogP contribution in [0.1, 0.15) is 27.8 Å². The summed E-state index contributed by atoms with van der Waals surface area (Å²) in [4.78, 5) is 0. The van der Waals surface area contributed by atoms with Crippen molar-refractivity contribution in [1.82, 2.24) is 0 Å². The van der Waals surface area contributed by atoms with Gasteiger partial charge in [0.2, 0.25) is 0 Å². The van der Waals surface area contributed by atoms with Crippen LogP contribution in [0.15, 0.2) is 25.6 Å². The van der Waals surface area contributed by atoms with E-state index in [1.807, 2.05) is 0 Å². The Labute approximate surface area is 210 Å². The van der Waals surface area contributed by atoms with Crippen LogP contribution in [0, 0.1) is 38.9 Å². The molecule has 2 radical (unpaired) electrons. The zero-order chi connectivity index (χ0) is 19.8. The minimum absolute atomic E-state index is 0.989. The van der Waals surface area contributed by atoms with Gasteiger partial charge in [0.05, 0.1) is 6.42 Å². The summed E-state index contributed by atoms with van der Waals surface area (Å²) < 4.78 is 5.58. The maximum absolute atomic E-state index is 3.76. The number of rotatable bonds is 2. The highest BCUT2D eigenvalue weighted by Crippen LogP contribution is 2.38. The molecule has 2 aromatic carbocycles. The molecule has 0 unspecified atom stereocenters. The molecule has 6 heteroatoms. The summed E-state index contributed by atoms with van der Waals surface area (Å²) >= 11 is 16.0. The molecule has 0 aliphatic heterocycles. The molecule has 0 fully saturated rings. The number of hydrogen-bond donors (Lipinski definition) is 0. The summed E-state index contributed by atoms with van der Waals surface area (Å²) in [6, 6.07) is 4.15. The lowest BCUT2D eigenvalue weighted by Crippen LogP contribution is -2.16. The van der Waals surface area contributed by atoms with Gasteiger partial charge in [0.25, 0.3) is 0 Å². The topological polar surface area (TPSA) is 0 Å². The molecule has 0 atom stereocenters. The largest absolute Gasteiger partial charge is 0.129 e. The van der Waals surface area contributed by atoms with Crippen LogP contribution in [0.4, 0.5) is 0 Å². The summed E-state index contributed by atoms with van der Waals surface area (Å²) in [5.74, 6) is 3.32. The van der Waals surface area contributed by atoms with E-state index in [-0.39, 0.29) is 0 Å². The highest BCUT2D eigenvalue weighted by molar-refractivity contribution is 14.1. The van der Waals surface area contributed by atoms with E-state index >= 15 is 0 Å². The van der Waals surface area contributed by atoms with E-state index in [0.29, 0.717) is 0 Å². The van der Waals surface area contributed by atoms with E-state index in [1.165, 1.54) is 18.3 Å². The third-order valence-corrected chi connectivity index (χ3v) is 10.3. The molecule has 0 heterocycles. The van der Waals surface area contributed by atoms with E-state index in [4.69, 9.17) is 0 Å². The standard InChI is InChI=1S/C20H17Br3I2Si/c1-11-14(18(23)20(25)12(2)19(11)24)10-15-16(21)8-13(9-17(15)22)6-7-26(3,4)5/h8-9H,1-5H3. The lowest BCUT2D eigenvalue weighted by atomic mass is 9.98. The molecule has 0 saturated carbocycles. The molecule has 0 amide bonds. The van der Waals surface area contributed by atoms with Crippen LogP contribution in [0.25, 0.3) is 0 Å². The van der Waals surface area contributed by atoms with Crippen LogP contribution in [0.2, 0.25) is 19.6 Å². The van der Waals surface area contributed by atoms with Gasteiger partial charge in [-0.05, 0) is 109 Å². The Morgan fingerprint density at radius 1 is 0.846 bits per heavy atom. The molecule has 2 aromatic rings. The van der Waals surface area contributed by atoms with Gasteiger partial charge in [0.15, 0.2) is 0 Å². The molecule has 26 heavy (non-hydrogen) atoms. The summed E-state index contributed by atoms with van der Waals surface area (Å²) in [6.45, 7) is 11.1. The Balaban J connectivity index is 2.51. The summed E-state index contributed by atoms with van der Waals surface area (Å²) in [7, 11) is -1.40. The molecule has 0 bridgehead atoms. The van der Waals surface area contributed by atoms with Crippen LogP contribution in [0.3, 0.4) is 0 Å². The van der Waals surface area contributed by atoms with Gasteiger partial charge in [-0.1, -0.05) is 57.4 Å². The van der Waals surface area contributed by atoms with Crippen LogP contribution < -0.4 is 0 Å². The lowest BCUT2D eigenvalue weighted by Gasteiger charge is -2.17. The van der Waals surface area contributed by atoms with Gasteiger partial charge in [-0.25, -0.2) is 0 Å². The highest BCUT2D eigenvalue weighted by Gasteiger charge is 2.19. The molecule has 136 valence electrons. The molecule has 0 aromatic heterocycles. The van der Waals surface area contributed by atoms with Gasteiger partial charge in [-0.15, -0.1) is 5.54 Å². The van der Waals surface area contributed by atoms with E-state index < -0.39 is 8.07 Å². The molecule has 0 N–H and O–H groups in total. The predicted molar refractivity (Wildman–Crippen MR) is 143 cm³/mol. The van der Waals surface area contributed by atoms with Gasteiger partial charge in [-0.3, -0.25) is 0 Å². The molecular weight excluding hydrogens is 762 g/mol. The van der Waals surface area contributed by atoms with E-state index in [1.54, 1.807) is 0 Å². The average molecular weight is 779 g/mol. The second kappa shape index (κ2) is 9.29. The van der Waals surface area contributed by atoms with Crippen molar-refractivity contribution < 1.29 is 0 Å². The van der Waals surface area contributed by atoms with Crippen molar-refractivity contribution in [3.8, 4) is 11.5 Å². The molecule has 0 nitrogen and oxygen atoms in total. The fourth-order valence-electron chi connectivity index (χ4n) is 2.22. The molecular formula is C20H17Br3I2Si. The summed E-state index contributed by atoms with van der Waals surface area (Å²) in [5.41, 5.74) is 9.06. The van der Waals surface area contributed by atoms with Gasteiger partial charge in [0, 0.05) is 26.1 Å². The number of halogens is 5. The highest BCUT2D eigenvalue weighted by atomic mass is 127. The zero-order valence-electron chi connectivity index (χ0n) is 15.0. The maximum Gasteiger partial charge on any atom is 0.129 e. The van der Waals surface area contributed by atoms with Crippen molar-refractivity contribution in [3.05, 3.63) is 66.9 Å². The van der Waals surface area contributed by atoms with Crippen LogP contribution in [0.5, 0.6) is 0 Å². The number of hydrogen-bond acceptors (Lipinski definition) is 0. The third-order valence-electron chi connectivity index (χ3n) is 3.65.